The van der Waals surface area contributed by atoms with Gasteiger partial charge in [-0.2, -0.15) is 0 Å². The predicted molar refractivity (Wildman–Crippen MR) is 83.2 cm³/mol. The van der Waals surface area contributed by atoms with Crippen molar-refractivity contribution in [1.29, 1.82) is 0 Å². The van der Waals surface area contributed by atoms with Gasteiger partial charge in [0.25, 0.3) is 0 Å². The molecule has 2 fully saturated rings. The topological polar surface area (TPSA) is 41.3 Å². The first-order chi connectivity index (χ1) is 10.1. The molecular formula is C17H23N3O. The third-order valence-corrected chi connectivity index (χ3v) is 5.40. The Balaban J connectivity index is 1.73. The summed E-state index contributed by atoms with van der Waals surface area (Å²) in [5.74, 6) is 2.39. The molecule has 1 saturated carbocycles. The molecule has 0 amide bonds. The van der Waals surface area contributed by atoms with Crippen molar-refractivity contribution < 1.29 is 5.11 Å². The number of para-hydroxylation sites is 2. The molecule has 21 heavy (non-hydrogen) atoms. The lowest BCUT2D eigenvalue weighted by atomic mass is 9.77. The number of aliphatic hydroxyl groups is 1. The molecule has 4 rings (SSSR count). The Labute approximate surface area is 125 Å². The van der Waals surface area contributed by atoms with Gasteiger partial charge in [0.05, 0.1) is 23.2 Å². The summed E-state index contributed by atoms with van der Waals surface area (Å²) in [6, 6.07) is 8.43. The predicted octanol–water partition coefficient (Wildman–Crippen LogP) is 2.22. The number of aliphatic hydroxyl groups excluding tert-OH is 1. The quantitative estimate of drug-likeness (QED) is 0.873. The van der Waals surface area contributed by atoms with Crippen molar-refractivity contribution in [2.24, 2.45) is 11.8 Å². The molecule has 1 aromatic heterocycles. The van der Waals surface area contributed by atoms with Crippen molar-refractivity contribution in [3.05, 3.63) is 30.1 Å². The number of imidazole rings is 1. The van der Waals surface area contributed by atoms with Crippen LogP contribution in [0, 0.1) is 18.8 Å². The largest absolute Gasteiger partial charge is 0.391 e. The van der Waals surface area contributed by atoms with Crippen LogP contribution in [0.4, 0.5) is 0 Å². The van der Waals surface area contributed by atoms with Gasteiger partial charge in [0, 0.05) is 13.1 Å². The van der Waals surface area contributed by atoms with Crippen molar-refractivity contribution in [1.82, 2.24) is 14.5 Å². The van der Waals surface area contributed by atoms with Crippen molar-refractivity contribution in [2.75, 3.05) is 20.1 Å². The Bertz CT molecular complexity index is 665. The van der Waals surface area contributed by atoms with Crippen LogP contribution in [0.2, 0.25) is 0 Å². The fourth-order valence-electron chi connectivity index (χ4n) is 4.50. The highest BCUT2D eigenvalue weighted by Gasteiger charge is 2.41. The van der Waals surface area contributed by atoms with E-state index in [0.717, 1.165) is 36.2 Å². The van der Waals surface area contributed by atoms with Gasteiger partial charge in [0.15, 0.2) is 0 Å². The summed E-state index contributed by atoms with van der Waals surface area (Å²) in [6.45, 7) is 4.36. The summed E-state index contributed by atoms with van der Waals surface area (Å²) in [5, 5.41) is 10.7. The monoisotopic (exact) mass is 285 g/mol. The van der Waals surface area contributed by atoms with Gasteiger partial charge in [0.1, 0.15) is 5.82 Å². The molecule has 2 aliphatic rings. The molecule has 0 spiro atoms. The zero-order valence-corrected chi connectivity index (χ0v) is 12.7. The van der Waals surface area contributed by atoms with Crippen LogP contribution in [0.3, 0.4) is 0 Å². The zero-order valence-electron chi connectivity index (χ0n) is 12.7. The van der Waals surface area contributed by atoms with E-state index in [-0.39, 0.29) is 12.1 Å². The normalized spacial score (nSPS) is 33.5. The highest BCUT2D eigenvalue weighted by atomic mass is 16.3. The van der Waals surface area contributed by atoms with Crippen LogP contribution in [0.25, 0.3) is 11.0 Å². The third kappa shape index (κ3) is 2.09. The molecule has 4 nitrogen and oxygen atoms in total. The van der Waals surface area contributed by atoms with Gasteiger partial charge in [-0.15, -0.1) is 0 Å². The van der Waals surface area contributed by atoms with E-state index in [1.165, 1.54) is 6.54 Å². The van der Waals surface area contributed by atoms with Crippen molar-refractivity contribution in [2.45, 2.75) is 31.9 Å². The maximum atomic E-state index is 10.7. The molecule has 0 unspecified atom stereocenters. The van der Waals surface area contributed by atoms with Gasteiger partial charge in [-0.3, -0.25) is 0 Å². The Kier molecular flexibility index (Phi) is 3.05. The minimum absolute atomic E-state index is 0.171. The Morgan fingerprint density at radius 2 is 1.86 bits per heavy atom. The highest BCUT2D eigenvalue weighted by molar-refractivity contribution is 5.76. The molecule has 0 bridgehead atoms. The van der Waals surface area contributed by atoms with Gasteiger partial charge in [-0.25, -0.2) is 4.98 Å². The van der Waals surface area contributed by atoms with Crippen LogP contribution in [-0.2, 0) is 0 Å². The van der Waals surface area contributed by atoms with E-state index < -0.39 is 0 Å². The smallest absolute Gasteiger partial charge is 0.107 e. The number of benzene rings is 1. The van der Waals surface area contributed by atoms with Crippen LogP contribution in [0.5, 0.6) is 0 Å². The lowest BCUT2D eigenvalue weighted by molar-refractivity contribution is 0.0366. The van der Waals surface area contributed by atoms with Gasteiger partial charge in [-0.05, 0) is 50.8 Å². The number of aryl methyl sites for hydroxylation is 1. The molecular weight excluding hydrogens is 262 g/mol. The summed E-state index contributed by atoms with van der Waals surface area (Å²) >= 11 is 0. The van der Waals surface area contributed by atoms with Crippen LogP contribution >= 0.6 is 0 Å². The number of likely N-dealkylation sites (tertiary alicyclic amines) is 1. The maximum absolute atomic E-state index is 10.7. The van der Waals surface area contributed by atoms with Gasteiger partial charge < -0.3 is 14.6 Å². The second kappa shape index (κ2) is 4.82. The molecule has 2 heterocycles. The number of rotatable bonds is 1. The number of aromatic nitrogens is 2. The fraction of sp³-hybridized carbons (Fsp3) is 0.588. The van der Waals surface area contributed by atoms with E-state index in [4.69, 9.17) is 0 Å². The van der Waals surface area contributed by atoms with Crippen LogP contribution in [0.1, 0.15) is 24.7 Å². The average molecular weight is 285 g/mol. The number of nitrogens with zero attached hydrogens (tertiary/aromatic N) is 3. The lowest BCUT2D eigenvalue weighted by Gasteiger charge is -2.36. The first kappa shape index (κ1) is 13.3. The fourth-order valence-corrected chi connectivity index (χ4v) is 4.50. The maximum Gasteiger partial charge on any atom is 0.107 e. The Hall–Kier alpha value is -1.39. The summed E-state index contributed by atoms with van der Waals surface area (Å²) in [4.78, 5) is 7.07. The van der Waals surface area contributed by atoms with Crippen LogP contribution in [-0.4, -0.2) is 45.8 Å². The zero-order chi connectivity index (χ0) is 14.6. The van der Waals surface area contributed by atoms with Gasteiger partial charge in [0.2, 0.25) is 0 Å². The second-order valence-electron chi connectivity index (χ2n) is 6.87. The van der Waals surface area contributed by atoms with E-state index >= 15 is 0 Å². The third-order valence-electron chi connectivity index (χ3n) is 5.40. The average Bonchev–Trinajstić information content (AvgIpc) is 2.95. The van der Waals surface area contributed by atoms with Crippen LogP contribution in [0.15, 0.2) is 24.3 Å². The van der Waals surface area contributed by atoms with Gasteiger partial charge >= 0.3 is 0 Å². The molecule has 1 aromatic carbocycles. The summed E-state index contributed by atoms with van der Waals surface area (Å²) in [7, 11) is 2.19. The number of hydrogen-bond acceptors (Lipinski definition) is 3. The van der Waals surface area contributed by atoms with Crippen LogP contribution < -0.4 is 0 Å². The minimum atomic E-state index is -0.256. The molecule has 4 atom stereocenters. The molecule has 0 radical (unpaired) electrons. The Morgan fingerprint density at radius 1 is 1.14 bits per heavy atom. The van der Waals surface area contributed by atoms with E-state index in [0.29, 0.717) is 11.8 Å². The van der Waals surface area contributed by atoms with E-state index in [1.807, 2.05) is 6.07 Å². The summed E-state index contributed by atoms with van der Waals surface area (Å²) in [6.07, 6.45) is 1.73. The standard InChI is InChI=1S/C17H23N3O/c1-11-18-14-5-3-4-6-15(14)20(11)16-7-12-9-19(2)10-13(12)8-17(16)21/h3-6,12-13,16-17,21H,7-10H2,1-2H3/t12-,13+,16-,17-/m0/s1. The van der Waals surface area contributed by atoms with E-state index in [9.17, 15) is 5.11 Å². The SMILES string of the molecule is Cc1nc2ccccc2n1[C@H]1C[C@H]2CN(C)C[C@H]2C[C@@H]1O. The highest BCUT2D eigenvalue weighted by Crippen LogP contribution is 2.42. The Morgan fingerprint density at radius 3 is 2.67 bits per heavy atom. The molecule has 1 aliphatic heterocycles. The molecule has 112 valence electrons. The number of fused-ring (bicyclic) bond motifs is 2. The van der Waals surface area contributed by atoms with Crippen molar-refractivity contribution in [3.8, 4) is 0 Å². The summed E-state index contributed by atoms with van der Waals surface area (Å²) < 4.78 is 2.27. The van der Waals surface area contributed by atoms with Crippen molar-refractivity contribution in [3.63, 3.8) is 0 Å². The molecule has 4 heteroatoms. The first-order valence-electron chi connectivity index (χ1n) is 7.93. The van der Waals surface area contributed by atoms with E-state index in [1.54, 1.807) is 0 Å². The number of hydrogen-bond donors (Lipinski definition) is 1. The first-order valence-corrected chi connectivity index (χ1v) is 7.93. The molecule has 2 aromatic rings. The van der Waals surface area contributed by atoms with Crippen molar-refractivity contribution >= 4 is 11.0 Å². The minimum Gasteiger partial charge on any atom is -0.391 e. The van der Waals surface area contributed by atoms with E-state index in [2.05, 4.69) is 46.6 Å². The molecule has 1 N–H and O–H groups in total. The molecule has 1 saturated heterocycles. The lowest BCUT2D eigenvalue weighted by Crippen LogP contribution is -2.36. The molecule has 1 aliphatic carbocycles. The second-order valence-corrected chi connectivity index (χ2v) is 6.87. The summed E-state index contributed by atoms with van der Waals surface area (Å²) in [5.41, 5.74) is 2.19. The van der Waals surface area contributed by atoms with Gasteiger partial charge in [-0.1, -0.05) is 12.1 Å².